The van der Waals surface area contributed by atoms with E-state index in [1.54, 1.807) is 0 Å². The van der Waals surface area contributed by atoms with Gasteiger partial charge in [0.2, 0.25) is 0 Å². The molecule has 2 saturated heterocycles. The van der Waals surface area contributed by atoms with Gasteiger partial charge in [0, 0.05) is 44.7 Å². The summed E-state index contributed by atoms with van der Waals surface area (Å²) in [5.41, 5.74) is 6.96. The molecule has 0 radical (unpaired) electrons. The number of likely N-dealkylation sites (tertiary alicyclic amines) is 1. The Morgan fingerprint density at radius 3 is 2.22 bits per heavy atom. The van der Waals surface area contributed by atoms with Gasteiger partial charge in [0.25, 0.3) is 0 Å². The third kappa shape index (κ3) is 8.36. The number of hydrogen-bond acceptors (Lipinski definition) is 6. The van der Waals surface area contributed by atoms with Gasteiger partial charge in [-0.1, -0.05) is 91.0 Å². The van der Waals surface area contributed by atoms with Gasteiger partial charge in [-0.2, -0.15) is 0 Å². The Hall–Kier alpha value is -4.05. The molecule has 0 bridgehead atoms. The first-order valence-corrected chi connectivity index (χ1v) is 15.7. The first-order chi connectivity index (χ1) is 22.0. The Kier molecular flexibility index (Phi) is 10.2. The van der Waals surface area contributed by atoms with Gasteiger partial charge in [0.05, 0.1) is 24.9 Å². The van der Waals surface area contributed by atoms with Crippen LogP contribution in [-0.4, -0.2) is 53.0 Å². The number of aliphatic hydroxyl groups excluding tert-OH is 2. The Morgan fingerprint density at radius 1 is 0.778 bits per heavy atom. The van der Waals surface area contributed by atoms with Crippen molar-refractivity contribution in [3.8, 4) is 11.1 Å². The second-order valence-electron chi connectivity index (χ2n) is 11.9. The number of urea groups is 1. The van der Waals surface area contributed by atoms with Gasteiger partial charge in [0.15, 0.2) is 6.29 Å². The lowest BCUT2D eigenvalue weighted by Crippen LogP contribution is -2.38. The van der Waals surface area contributed by atoms with E-state index in [1.807, 2.05) is 78.9 Å². The Bertz CT molecular complexity index is 1550. The molecule has 2 aliphatic heterocycles. The van der Waals surface area contributed by atoms with E-state index in [9.17, 15) is 15.0 Å². The molecule has 0 aliphatic carbocycles. The Labute approximate surface area is 264 Å². The molecule has 8 nitrogen and oxygen atoms in total. The average Bonchev–Trinajstić information content (AvgIpc) is 3.50. The first-order valence-electron chi connectivity index (χ1n) is 15.7. The molecule has 2 aliphatic rings. The number of aliphatic hydroxyl groups is 2. The lowest BCUT2D eigenvalue weighted by molar-refractivity contribution is -0.252. The number of hydrogen-bond donors (Lipinski definition) is 4. The fourth-order valence-corrected chi connectivity index (χ4v) is 6.05. The summed E-state index contributed by atoms with van der Waals surface area (Å²) in [6, 6.07) is 33.9. The van der Waals surface area contributed by atoms with Gasteiger partial charge in [-0.25, -0.2) is 4.79 Å². The van der Waals surface area contributed by atoms with Crippen LogP contribution in [0, 0.1) is 0 Å². The lowest BCUT2D eigenvalue weighted by Gasteiger charge is -2.38. The number of β-amino-alcohol motifs (C(OH)–C–C–N with tert-alkyl or cyclic N) is 1. The molecule has 0 spiro atoms. The predicted octanol–water partition coefficient (Wildman–Crippen LogP) is 5.46. The number of carbonyl (C=O) groups excluding carboxylic acids is 1. The molecule has 234 valence electrons. The molecule has 8 heteroatoms. The van der Waals surface area contributed by atoms with E-state index in [-0.39, 0.29) is 30.9 Å². The van der Waals surface area contributed by atoms with E-state index in [0.29, 0.717) is 26.1 Å². The van der Waals surface area contributed by atoms with Crippen molar-refractivity contribution in [2.75, 3.05) is 19.6 Å². The fourth-order valence-electron chi connectivity index (χ4n) is 6.05. The van der Waals surface area contributed by atoms with E-state index in [4.69, 9.17) is 9.47 Å². The molecule has 4 N–H and O–H groups in total. The van der Waals surface area contributed by atoms with Crippen LogP contribution < -0.4 is 10.6 Å². The second kappa shape index (κ2) is 14.8. The molecule has 6 rings (SSSR count). The molecule has 2 heterocycles. The number of benzene rings is 4. The molecule has 4 atom stereocenters. The van der Waals surface area contributed by atoms with Gasteiger partial charge in [0.1, 0.15) is 0 Å². The van der Waals surface area contributed by atoms with Gasteiger partial charge >= 0.3 is 6.03 Å². The highest BCUT2D eigenvalue weighted by molar-refractivity contribution is 5.74. The van der Waals surface area contributed by atoms with Crippen LogP contribution in [0.15, 0.2) is 103 Å². The van der Waals surface area contributed by atoms with Crippen LogP contribution in [0.4, 0.5) is 4.79 Å². The maximum absolute atomic E-state index is 12.4. The summed E-state index contributed by atoms with van der Waals surface area (Å²) in [5.74, 6) is 0. The zero-order valence-corrected chi connectivity index (χ0v) is 25.3. The van der Waals surface area contributed by atoms with E-state index in [1.165, 1.54) is 0 Å². The van der Waals surface area contributed by atoms with E-state index in [0.717, 1.165) is 58.5 Å². The summed E-state index contributed by atoms with van der Waals surface area (Å²) in [6.45, 7) is 3.14. The summed E-state index contributed by atoms with van der Waals surface area (Å²) in [4.78, 5) is 14.7. The molecular weight excluding hydrogens is 566 g/mol. The average molecular weight is 608 g/mol. The highest BCUT2D eigenvalue weighted by Gasteiger charge is 2.34. The standard InChI is InChI=1S/C37H41N3O5/c41-25-27-12-14-29(15-13-27)35-20-34(24-40-17-16-33(42)23-40)44-36(45-35)32-11-5-10-31(19-32)30-9-4-8-28(18-30)22-39-37(43)38-21-26-6-2-1-3-7-26/h1-15,18-19,33-36,41-42H,16-17,20-25H2,(H2,38,39,43)/t33-,34+,35-,36-/m0/s1. The number of rotatable bonds is 10. The van der Waals surface area contributed by atoms with Crippen LogP contribution in [0.2, 0.25) is 0 Å². The van der Waals surface area contributed by atoms with Crippen molar-refractivity contribution in [1.29, 1.82) is 0 Å². The first kappa shape index (κ1) is 31.0. The number of nitrogens with one attached hydrogen (secondary N) is 2. The number of carbonyl (C=O) groups is 1. The largest absolute Gasteiger partial charge is 0.392 e. The molecule has 2 fully saturated rings. The number of ether oxygens (including phenoxy) is 2. The van der Waals surface area contributed by atoms with Crippen molar-refractivity contribution in [2.45, 2.75) is 57.1 Å². The molecule has 0 aromatic heterocycles. The van der Waals surface area contributed by atoms with Gasteiger partial charge in [-0.3, -0.25) is 4.90 Å². The maximum atomic E-state index is 12.4. The highest BCUT2D eigenvalue weighted by atomic mass is 16.7. The van der Waals surface area contributed by atoms with Crippen molar-refractivity contribution in [3.63, 3.8) is 0 Å². The minimum atomic E-state index is -0.558. The van der Waals surface area contributed by atoms with Gasteiger partial charge < -0.3 is 30.3 Å². The topological polar surface area (TPSA) is 103 Å². The summed E-state index contributed by atoms with van der Waals surface area (Å²) in [6.07, 6.45) is 0.414. The van der Waals surface area contributed by atoms with Crippen LogP contribution >= 0.6 is 0 Å². The molecule has 45 heavy (non-hydrogen) atoms. The SMILES string of the molecule is O=C(NCc1ccccc1)NCc1cccc(-c2cccc([C@H]3O[C@@H](CN4CC[C@H](O)C4)C[C@@H](c4ccc(CO)cc4)O3)c2)c1. The maximum Gasteiger partial charge on any atom is 0.315 e. The minimum absolute atomic E-state index is 0.00294. The quantitative estimate of drug-likeness (QED) is 0.191. The Balaban J connectivity index is 1.14. The van der Waals surface area contributed by atoms with E-state index in [2.05, 4.69) is 39.8 Å². The second-order valence-corrected chi connectivity index (χ2v) is 11.9. The van der Waals surface area contributed by atoms with Crippen molar-refractivity contribution >= 4 is 6.03 Å². The van der Waals surface area contributed by atoms with Crippen molar-refractivity contribution in [1.82, 2.24) is 15.5 Å². The summed E-state index contributed by atoms with van der Waals surface area (Å²) in [5, 5.41) is 25.4. The normalized spacial score (nSPS) is 21.8. The zero-order chi connectivity index (χ0) is 31.0. The van der Waals surface area contributed by atoms with E-state index >= 15 is 0 Å². The minimum Gasteiger partial charge on any atom is -0.392 e. The third-order valence-corrected chi connectivity index (χ3v) is 8.49. The van der Waals surface area contributed by atoms with Crippen molar-refractivity contribution in [3.05, 3.63) is 131 Å². The fraction of sp³-hybridized carbons (Fsp3) is 0.324. The summed E-state index contributed by atoms with van der Waals surface area (Å²) >= 11 is 0. The van der Waals surface area contributed by atoms with Crippen LogP contribution in [0.3, 0.4) is 0 Å². The number of amides is 2. The van der Waals surface area contributed by atoms with Crippen molar-refractivity contribution in [2.24, 2.45) is 0 Å². The smallest absolute Gasteiger partial charge is 0.315 e. The molecule has 2 amide bonds. The van der Waals surface area contributed by atoms with Crippen LogP contribution in [0.5, 0.6) is 0 Å². The van der Waals surface area contributed by atoms with E-state index < -0.39 is 6.29 Å². The molecule has 0 unspecified atom stereocenters. The predicted molar refractivity (Wildman–Crippen MR) is 173 cm³/mol. The van der Waals surface area contributed by atoms with Crippen LogP contribution in [0.25, 0.3) is 11.1 Å². The zero-order valence-electron chi connectivity index (χ0n) is 25.3. The third-order valence-electron chi connectivity index (χ3n) is 8.49. The monoisotopic (exact) mass is 607 g/mol. The molecule has 4 aromatic carbocycles. The van der Waals surface area contributed by atoms with Crippen LogP contribution in [-0.2, 0) is 29.2 Å². The molecule has 4 aromatic rings. The van der Waals surface area contributed by atoms with Crippen molar-refractivity contribution < 1.29 is 24.5 Å². The molecular formula is C37H41N3O5. The van der Waals surface area contributed by atoms with Gasteiger partial charge in [-0.05, 0) is 51.9 Å². The summed E-state index contributed by atoms with van der Waals surface area (Å²) in [7, 11) is 0. The highest BCUT2D eigenvalue weighted by Crippen LogP contribution is 2.39. The van der Waals surface area contributed by atoms with Gasteiger partial charge in [-0.15, -0.1) is 0 Å². The van der Waals surface area contributed by atoms with Crippen LogP contribution in [0.1, 0.15) is 53.1 Å². The summed E-state index contributed by atoms with van der Waals surface area (Å²) < 4.78 is 13.1. The Morgan fingerprint density at radius 2 is 1.49 bits per heavy atom. The molecule has 0 saturated carbocycles. The lowest BCUT2D eigenvalue weighted by atomic mass is 9.98. The number of nitrogens with zero attached hydrogens (tertiary/aromatic N) is 1.